The fraction of sp³-hybridized carbons (Fsp3) is 0. The van der Waals surface area contributed by atoms with Crippen molar-refractivity contribution in [2.75, 3.05) is 0 Å². The van der Waals surface area contributed by atoms with E-state index in [-0.39, 0.29) is 5.63 Å². The maximum atomic E-state index is 11.1. The van der Waals surface area contributed by atoms with E-state index in [4.69, 9.17) is 9.15 Å². The highest BCUT2D eigenvalue weighted by Crippen LogP contribution is 2.24. The van der Waals surface area contributed by atoms with Gasteiger partial charge in [0, 0.05) is 11.5 Å². The van der Waals surface area contributed by atoms with Crippen molar-refractivity contribution in [1.82, 2.24) is 0 Å². The summed E-state index contributed by atoms with van der Waals surface area (Å²) in [5.41, 5.74) is 0.210. The molecular formula is C15H10O3. The van der Waals surface area contributed by atoms with Gasteiger partial charge in [0.15, 0.2) is 0 Å². The molecular weight excluding hydrogens is 228 g/mol. The first kappa shape index (κ1) is 10.6. The normalized spacial score (nSPS) is 10.4. The minimum atomic E-state index is -0.348. The Kier molecular flexibility index (Phi) is 2.57. The Bertz CT molecular complexity index is 729. The summed E-state index contributed by atoms with van der Waals surface area (Å²) in [6, 6.07) is 18.0. The number of hydrogen-bond acceptors (Lipinski definition) is 3. The molecule has 0 fully saturated rings. The van der Waals surface area contributed by atoms with Gasteiger partial charge >= 0.3 is 5.63 Å². The van der Waals surface area contributed by atoms with Crippen molar-refractivity contribution in [3.63, 3.8) is 0 Å². The molecule has 0 aliphatic rings. The average molecular weight is 238 g/mol. The molecule has 0 amide bonds. The van der Waals surface area contributed by atoms with Crippen molar-refractivity contribution in [2.45, 2.75) is 0 Å². The molecule has 0 saturated carbocycles. The first-order valence-corrected chi connectivity index (χ1v) is 5.58. The van der Waals surface area contributed by atoms with Crippen LogP contribution in [0.4, 0.5) is 0 Å². The lowest BCUT2D eigenvalue weighted by Gasteiger charge is -2.05. The summed E-state index contributed by atoms with van der Waals surface area (Å²) in [7, 11) is 0. The zero-order chi connectivity index (χ0) is 12.4. The molecule has 0 spiro atoms. The molecule has 0 unspecified atom stereocenters. The van der Waals surface area contributed by atoms with Gasteiger partial charge in [-0.2, -0.15) is 0 Å². The van der Waals surface area contributed by atoms with Crippen molar-refractivity contribution in [1.29, 1.82) is 0 Å². The molecule has 1 aromatic heterocycles. The quantitative estimate of drug-likeness (QED) is 0.640. The van der Waals surface area contributed by atoms with E-state index in [0.717, 1.165) is 11.1 Å². The molecule has 2 aromatic carbocycles. The Hall–Kier alpha value is -2.55. The van der Waals surface area contributed by atoms with E-state index in [1.54, 1.807) is 18.2 Å². The number of hydrogen-bond donors (Lipinski definition) is 0. The molecule has 0 saturated heterocycles. The minimum absolute atomic E-state index is 0.348. The monoisotopic (exact) mass is 238 g/mol. The van der Waals surface area contributed by atoms with Gasteiger partial charge in [-0.25, -0.2) is 4.79 Å². The second-order valence-corrected chi connectivity index (χ2v) is 3.87. The summed E-state index contributed by atoms with van der Waals surface area (Å²) in [6.07, 6.45) is 0. The van der Waals surface area contributed by atoms with Crippen molar-refractivity contribution in [3.05, 3.63) is 71.1 Å². The van der Waals surface area contributed by atoms with E-state index in [2.05, 4.69) is 0 Å². The molecule has 1 heterocycles. The van der Waals surface area contributed by atoms with Crippen LogP contribution in [0.5, 0.6) is 11.5 Å². The Balaban J connectivity index is 1.99. The van der Waals surface area contributed by atoms with Crippen molar-refractivity contribution in [2.24, 2.45) is 0 Å². The highest BCUT2D eigenvalue weighted by atomic mass is 16.5. The van der Waals surface area contributed by atoms with Gasteiger partial charge in [-0.15, -0.1) is 0 Å². The van der Waals surface area contributed by atoms with Crippen LogP contribution < -0.4 is 10.4 Å². The van der Waals surface area contributed by atoms with Crippen LogP contribution in [0.3, 0.4) is 0 Å². The largest absolute Gasteiger partial charge is 0.457 e. The summed E-state index contributed by atoms with van der Waals surface area (Å²) in [4.78, 5) is 11.1. The summed E-state index contributed by atoms with van der Waals surface area (Å²) >= 11 is 0. The number of benzene rings is 2. The van der Waals surface area contributed by atoms with E-state index >= 15 is 0 Å². The van der Waals surface area contributed by atoms with Gasteiger partial charge < -0.3 is 9.15 Å². The van der Waals surface area contributed by atoms with Gasteiger partial charge in [0.2, 0.25) is 0 Å². The molecule has 3 heteroatoms. The summed E-state index contributed by atoms with van der Waals surface area (Å²) in [6.45, 7) is 0. The first-order valence-electron chi connectivity index (χ1n) is 5.58. The summed E-state index contributed by atoms with van der Waals surface area (Å²) in [5, 5.41) is 0.836. The van der Waals surface area contributed by atoms with Crippen LogP contribution in [0.1, 0.15) is 0 Å². The molecule has 3 aromatic rings. The fourth-order valence-electron chi connectivity index (χ4n) is 1.74. The van der Waals surface area contributed by atoms with Crippen molar-refractivity contribution < 1.29 is 9.15 Å². The predicted molar refractivity (Wildman–Crippen MR) is 69.0 cm³/mol. The van der Waals surface area contributed by atoms with Gasteiger partial charge in [0.05, 0.1) is 0 Å². The topological polar surface area (TPSA) is 39.4 Å². The molecule has 0 aliphatic carbocycles. The van der Waals surface area contributed by atoms with Gasteiger partial charge in [-0.1, -0.05) is 18.2 Å². The minimum Gasteiger partial charge on any atom is -0.457 e. The Morgan fingerprint density at radius 3 is 2.50 bits per heavy atom. The number of fused-ring (bicyclic) bond motifs is 1. The lowest BCUT2D eigenvalue weighted by atomic mass is 10.2. The zero-order valence-corrected chi connectivity index (χ0v) is 9.50. The Morgan fingerprint density at radius 2 is 1.67 bits per heavy atom. The Morgan fingerprint density at radius 1 is 0.833 bits per heavy atom. The number of rotatable bonds is 2. The maximum Gasteiger partial charge on any atom is 0.336 e. The van der Waals surface area contributed by atoms with Gasteiger partial charge in [-0.05, 0) is 36.4 Å². The van der Waals surface area contributed by atoms with Crippen LogP contribution in [0.25, 0.3) is 11.0 Å². The predicted octanol–water partition coefficient (Wildman–Crippen LogP) is 3.59. The average Bonchev–Trinajstić information content (AvgIpc) is 2.40. The molecule has 0 N–H and O–H groups in total. The van der Waals surface area contributed by atoms with Gasteiger partial charge in [0.25, 0.3) is 0 Å². The third-order valence-corrected chi connectivity index (χ3v) is 2.57. The first-order chi connectivity index (χ1) is 8.81. The lowest BCUT2D eigenvalue weighted by Crippen LogP contribution is -1.94. The molecule has 3 rings (SSSR count). The van der Waals surface area contributed by atoms with Crippen LogP contribution >= 0.6 is 0 Å². The highest BCUT2D eigenvalue weighted by molar-refractivity contribution is 5.78. The van der Waals surface area contributed by atoms with E-state index in [1.165, 1.54) is 6.07 Å². The fourth-order valence-corrected chi connectivity index (χ4v) is 1.74. The van der Waals surface area contributed by atoms with E-state index < -0.39 is 0 Å². The van der Waals surface area contributed by atoms with Crippen LogP contribution in [0.2, 0.25) is 0 Å². The third kappa shape index (κ3) is 2.11. The molecule has 0 radical (unpaired) electrons. The molecule has 0 aliphatic heterocycles. The standard InChI is InChI=1S/C15H10O3/c16-15-9-6-11-10-13(7-8-14(11)18-15)17-12-4-2-1-3-5-12/h1-10H. The summed E-state index contributed by atoms with van der Waals surface area (Å²) in [5.74, 6) is 1.48. The van der Waals surface area contributed by atoms with Crippen LogP contribution in [-0.2, 0) is 0 Å². The number of para-hydroxylation sites is 1. The van der Waals surface area contributed by atoms with E-state index in [9.17, 15) is 4.79 Å². The van der Waals surface area contributed by atoms with Crippen molar-refractivity contribution >= 4 is 11.0 Å². The third-order valence-electron chi connectivity index (χ3n) is 2.57. The summed E-state index contributed by atoms with van der Waals surface area (Å²) < 4.78 is 10.8. The second-order valence-electron chi connectivity index (χ2n) is 3.87. The second kappa shape index (κ2) is 4.37. The van der Waals surface area contributed by atoms with Crippen molar-refractivity contribution in [3.8, 4) is 11.5 Å². The SMILES string of the molecule is O=c1ccc2cc(Oc3ccccc3)ccc2o1. The van der Waals surface area contributed by atoms with E-state index in [1.807, 2.05) is 36.4 Å². The van der Waals surface area contributed by atoms with Crippen LogP contribution in [0, 0.1) is 0 Å². The molecule has 18 heavy (non-hydrogen) atoms. The molecule has 0 bridgehead atoms. The number of ether oxygens (including phenoxy) is 1. The van der Waals surface area contributed by atoms with Gasteiger partial charge in [0.1, 0.15) is 17.1 Å². The maximum absolute atomic E-state index is 11.1. The molecule has 88 valence electrons. The highest BCUT2D eigenvalue weighted by Gasteiger charge is 2.01. The van der Waals surface area contributed by atoms with Crippen LogP contribution in [-0.4, -0.2) is 0 Å². The van der Waals surface area contributed by atoms with Crippen LogP contribution in [0.15, 0.2) is 69.9 Å². The smallest absolute Gasteiger partial charge is 0.336 e. The Labute approximate surface area is 103 Å². The molecule has 3 nitrogen and oxygen atoms in total. The lowest BCUT2D eigenvalue weighted by molar-refractivity contribution is 0.482. The zero-order valence-electron chi connectivity index (χ0n) is 9.50. The molecule has 0 atom stereocenters. The van der Waals surface area contributed by atoms with Gasteiger partial charge in [-0.3, -0.25) is 0 Å². The van der Waals surface area contributed by atoms with E-state index in [0.29, 0.717) is 11.3 Å².